The Kier molecular flexibility index (Phi) is 7.00. The van der Waals surface area contributed by atoms with Gasteiger partial charge in [0.15, 0.2) is 0 Å². The van der Waals surface area contributed by atoms with Crippen molar-refractivity contribution in [2.24, 2.45) is 0 Å². The Morgan fingerprint density at radius 2 is 1.88 bits per heavy atom. The Balaban J connectivity index is 2.05. The molecule has 1 aromatic rings. The number of ether oxygens (including phenoxy) is 2. The van der Waals surface area contributed by atoms with Gasteiger partial charge in [-0.3, -0.25) is 4.79 Å². The van der Waals surface area contributed by atoms with E-state index in [4.69, 9.17) is 9.47 Å². The number of esters is 1. The van der Waals surface area contributed by atoms with Gasteiger partial charge in [-0.1, -0.05) is 12.1 Å². The van der Waals surface area contributed by atoms with Crippen LogP contribution in [0.5, 0.6) is 5.75 Å². The molecule has 0 aromatic heterocycles. The molecule has 94 valence electrons. The normalized spacial score (nSPS) is 10.0. The van der Waals surface area contributed by atoms with Crippen LogP contribution in [0.15, 0.2) is 24.3 Å². The van der Waals surface area contributed by atoms with Crippen LogP contribution in [0.1, 0.15) is 26.2 Å². The number of para-hydroxylation sites is 1. The molecule has 0 aliphatic rings. The molecule has 17 heavy (non-hydrogen) atoms. The van der Waals surface area contributed by atoms with Crippen molar-refractivity contribution in [2.75, 3.05) is 13.2 Å². The van der Waals surface area contributed by atoms with E-state index in [1.165, 1.54) is 6.92 Å². The molecule has 0 aliphatic carbocycles. The highest BCUT2D eigenvalue weighted by Crippen LogP contribution is 2.19. The summed E-state index contributed by atoms with van der Waals surface area (Å²) in [6.45, 7) is 2.65. The van der Waals surface area contributed by atoms with Crippen LogP contribution in [-0.4, -0.2) is 19.2 Å². The highest BCUT2D eigenvalue weighted by Gasteiger charge is 1.98. The number of benzene rings is 1. The topological polar surface area (TPSA) is 35.5 Å². The molecule has 3 nitrogen and oxygen atoms in total. The van der Waals surface area contributed by atoms with Crippen molar-refractivity contribution in [3.8, 4) is 5.75 Å². The van der Waals surface area contributed by atoms with Gasteiger partial charge in [-0.25, -0.2) is 0 Å². The molecule has 0 saturated heterocycles. The minimum absolute atomic E-state index is 0.208. The molecule has 0 N–H and O–H groups in total. The predicted molar refractivity (Wildman–Crippen MR) is 75.1 cm³/mol. The summed E-state index contributed by atoms with van der Waals surface area (Å²) in [4.78, 5) is 10.5. The average Bonchev–Trinajstić information content (AvgIpc) is 2.30. The number of halogens is 1. The zero-order valence-corrected chi connectivity index (χ0v) is 12.1. The number of hydrogen-bond donors (Lipinski definition) is 0. The van der Waals surface area contributed by atoms with Crippen LogP contribution in [0.4, 0.5) is 0 Å². The molecular weight excluding hydrogens is 331 g/mol. The summed E-state index contributed by atoms with van der Waals surface area (Å²) >= 11 is 2.26. The molecule has 1 rings (SSSR count). The van der Waals surface area contributed by atoms with Gasteiger partial charge in [0.1, 0.15) is 5.75 Å². The fourth-order valence-electron chi connectivity index (χ4n) is 1.34. The Labute approximate surface area is 116 Å². The molecule has 0 radical (unpaired) electrons. The first kappa shape index (κ1) is 14.3. The highest BCUT2D eigenvalue weighted by atomic mass is 127. The van der Waals surface area contributed by atoms with Crippen LogP contribution >= 0.6 is 22.6 Å². The summed E-state index contributed by atoms with van der Waals surface area (Å²) in [6.07, 6.45) is 2.89. The van der Waals surface area contributed by atoms with Gasteiger partial charge >= 0.3 is 5.97 Å². The summed E-state index contributed by atoms with van der Waals surface area (Å²) in [5.41, 5.74) is 0. The number of carbonyl (C=O) groups is 1. The molecule has 0 amide bonds. The lowest BCUT2D eigenvalue weighted by molar-refractivity contribution is -0.141. The van der Waals surface area contributed by atoms with E-state index in [9.17, 15) is 4.79 Å². The first-order valence-electron chi connectivity index (χ1n) is 5.71. The van der Waals surface area contributed by atoms with Crippen LogP contribution in [0, 0.1) is 3.57 Å². The fourth-order valence-corrected chi connectivity index (χ4v) is 1.88. The second kappa shape index (κ2) is 8.33. The van der Waals surface area contributed by atoms with E-state index in [0.29, 0.717) is 13.2 Å². The van der Waals surface area contributed by atoms with Gasteiger partial charge in [-0.2, -0.15) is 0 Å². The van der Waals surface area contributed by atoms with Gasteiger partial charge in [0.2, 0.25) is 0 Å². The molecule has 0 spiro atoms. The fraction of sp³-hybridized carbons (Fsp3) is 0.462. The van der Waals surface area contributed by atoms with Crippen molar-refractivity contribution in [2.45, 2.75) is 26.2 Å². The van der Waals surface area contributed by atoms with Crippen molar-refractivity contribution < 1.29 is 14.3 Å². The molecule has 1 aromatic carbocycles. The van der Waals surface area contributed by atoms with E-state index in [1.807, 2.05) is 24.3 Å². The third-order valence-electron chi connectivity index (χ3n) is 2.19. The zero-order valence-electron chi connectivity index (χ0n) is 9.95. The summed E-state index contributed by atoms with van der Waals surface area (Å²) in [5.74, 6) is 0.730. The summed E-state index contributed by atoms with van der Waals surface area (Å²) in [7, 11) is 0. The zero-order chi connectivity index (χ0) is 12.5. The highest BCUT2D eigenvalue weighted by molar-refractivity contribution is 14.1. The molecule has 0 atom stereocenters. The van der Waals surface area contributed by atoms with Gasteiger partial charge in [-0.05, 0) is 54.0 Å². The Hall–Kier alpha value is -0.780. The molecule has 4 heteroatoms. The molecule has 0 bridgehead atoms. The molecular formula is C13H17IO3. The maximum atomic E-state index is 10.5. The lowest BCUT2D eigenvalue weighted by Gasteiger charge is -2.07. The molecule has 0 fully saturated rings. The molecule has 0 heterocycles. The van der Waals surface area contributed by atoms with Crippen LogP contribution in [-0.2, 0) is 9.53 Å². The van der Waals surface area contributed by atoms with E-state index in [2.05, 4.69) is 22.6 Å². The molecule has 0 saturated carbocycles. The maximum Gasteiger partial charge on any atom is 0.302 e. The Morgan fingerprint density at radius 1 is 1.18 bits per heavy atom. The molecule has 0 unspecified atom stereocenters. The third-order valence-corrected chi connectivity index (χ3v) is 3.08. The Morgan fingerprint density at radius 3 is 2.59 bits per heavy atom. The second-order valence-electron chi connectivity index (χ2n) is 3.68. The van der Waals surface area contributed by atoms with Crippen molar-refractivity contribution in [1.82, 2.24) is 0 Å². The maximum absolute atomic E-state index is 10.5. The quantitative estimate of drug-likeness (QED) is 0.430. The average molecular weight is 348 g/mol. The van der Waals surface area contributed by atoms with Crippen molar-refractivity contribution in [1.29, 1.82) is 0 Å². The summed E-state index contributed by atoms with van der Waals surface area (Å²) < 4.78 is 11.6. The second-order valence-corrected chi connectivity index (χ2v) is 4.84. The summed E-state index contributed by atoms with van der Waals surface area (Å²) in [6, 6.07) is 7.96. The van der Waals surface area contributed by atoms with Crippen LogP contribution in [0.2, 0.25) is 0 Å². The lowest BCUT2D eigenvalue weighted by Crippen LogP contribution is -2.02. The van der Waals surface area contributed by atoms with Crippen LogP contribution < -0.4 is 4.74 Å². The number of carbonyl (C=O) groups excluding carboxylic acids is 1. The largest absolute Gasteiger partial charge is 0.492 e. The SMILES string of the molecule is CC(=O)OCCCCCOc1ccccc1I. The standard InChI is InChI=1S/C13H17IO3/c1-11(15)16-9-5-2-6-10-17-13-8-4-3-7-12(13)14/h3-4,7-8H,2,5-6,9-10H2,1H3. The number of hydrogen-bond acceptors (Lipinski definition) is 3. The van der Waals surface area contributed by atoms with Crippen molar-refractivity contribution in [3.63, 3.8) is 0 Å². The third kappa shape index (κ3) is 6.51. The number of unbranched alkanes of at least 4 members (excludes halogenated alkanes) is 2. The van der Waals surface area contributed by atoms with Gasteiger partial charge in [0.25, 0.3) is 0 Å². The van der Waals surface area contributed by atoms with E-state index < -0.39 is 0 Å². The van der Waals surface area contributed by atoms with E-state index in [0.717, 1.165) is 28.6 Å². The lowest BCUT2D eigenvalue weighted by atomic mass is 10.2. The molecule has 0 aliphatic heterocycles. The van der Waals surface area contributed by atoms with Gasteiger partial charge in [-0.15, -0.1) is 0 Å². The van der Waals surface area contributed by atoms with Crippen LogP contribution in [0.25, 0.3) is 0 Å². The summed E-state index contributed by atoms with van der Waals surface area (Å²) in [5, 5.41) is 0. The smallest absolute Gasteiger partial charge is 0.302 e. The minimum atomic E-state index is -0.208. The van der Waals surface area contributed by atoms with Gasteiger partial charge in [0.05, 0.1) is 16.8 Å². The first-order chi connectivity index (χ1) is 8.20. The predicted octanol–water partition coefficient (Wildman–Crippen LogP) is 3.40. The van der Waals surface area contributed by atoms with Crippen LogP contribution in [0.3, 0.4) is 0 Å². The first-order valence-corrected chi connectivity index (χ1v) is 6.78. The van der Waals surface area contributed by atoms with Gasteiger partial charge in [0, 0.05) is 6.92 Å². The monoisotopic (exact) mass is 348 g/mol. The van der Waals surface area contributed by atoms with E-state index in [1.54, 1.807) is 0 Å². The van der Waals surface area contributed by atoms with E-state index in [-0.39, 0.29) is 5.97 Å². The van der Waals surface area contributed by atoms with Crippen molar-refractivity contribution >= 4 is 28.6 Å². The van der Waals surface area contributed by atoms with Crippen molar-refractivity contribution in [3.05, 3.63) is 27.8 Å². The van der Waals surface area contributed by atoms with Gasteiger partial charge < -0.3 is 9.47 Å². The minimum Gasteiger partial charge on any atom is -0.492 e. The van der Waals surface area contributed by atoms with E-state index >= 15 is 0 Å². The number of rotatable bonds is 7. The Bertz CT molecular complexity index is 352.